The zero-order valence-electron chi connectivity index (χ0n) is 18.9. The lowest BCUT2D eigenvalue weighted by Crippen LogP contribution is -2.33. The average molecular weight is 477 g/mol. The third kappa shape index (κ3) is 4.25. The fourth-order valence-electron chi connectivity index (χ4n) is 3.82. The number of ether oxygens (including phenoxy) is 5. The first kappa shape index (κ1) is 23.8. The lowest BCUT2D eigenvalue weighted by atomic mass is 10.1. The number of rotatable bonds is 9. The summed E-state index contributed by atoms with van der Waals surface area (Å²) in [6, 6.07) is 3.64. The molecule has 3 aromatic rings. The van der Waals surface area contributed by atoms with Gasteiger partial charge in [-0.1, -0.05) is 0 Å². The van der Waals surface area contributed by atoms with E-state index in [1.807, 2.05) is 12.1 Å². The maximum absolute atomic E-state index is 10.3. The number of aliphatic hydroxyl groups excluding tert-OH is 3. The molecular weight excluding hydrogens is 450 g/mol. The molecule has 1 fully saturated rings. The maximum Gasteiger partial charge on any atom is 0.320 e. The molecule has 2 aromatic heterocycles. The molecule has 3 heterocycles. The third-order valence-electron chi connectivity index (χ3n) is 5.57. The number of nitrogen functional groups attached to an aromatic ring is 1. The van der Waals surface area contributed by atoms with E-state index in [1.165, 1.54) is 18.0 Å². The van der Waals surface area contributed by atoms with Gasteiger partial charge in [-0.15, -0.1) is 0 Å². The Morgan fingerprint density at radius 3 is 2.35 bits per heavy atom. The normalized spacial score (nSPS) is 22.2. The molecule has 0 aliphatic carbocycles. The highest BCUT2D eigenvalue weighted by Crippen LogP contribution is 2.38. The van der Waals surface area contributed by atoms with E-state index in [0.29, 0.717) is 23.7 Å². The third-order valence-corrected chi connectivity index (χ3v) is 5.57. The number of hydrogen-bond acceptors (Lipinski definition) is 12. The summed E-state index contributed by atoms with van der Waals surface area (Å²) in [6.45, 7) is -0.237. The topological polar surface area (TPSA) is 176 Å². The van der Waals surface area contributed by atoms with Crippen molar-refractivity contribution in [1.29, 1.82) is 0 Å². The molecule has 1 aromatic carbocycles. The Balaban J connectivity index is 1.53. The van der Waals surface area contributed by atoms with E-state index >= 15 is 0 Å². The number of methoxy groups -OCH3 is 3. The lowest BCUT2D eigenvalue weighted by molar-refractivity contribution is -0.0511. The molecule has 4 atom stereocenters. The van der Waals surface area contributed by atoms with Crippen molar-refractivity contribution >= 4 is 17.0 Å². The molecular formula is C21H27N5O8. The van der Waals surface area contributed by atoms with E-state index in [1.54, 1.807) is 14.2 Å². The van der Waals surface area contributed by atoms with E-state index in [-0.39, 0.29) is 29.6 Å². The van der Waals surface area contributed by atoms with E-state index in [0.717, 1.165) is 5.56 Å². The highest BCUT2D eigenvalue weighted by molar-refractivity contribution is 5.82. The Bertz CT molecular complexity index is 1130. The molecule has 0 radical (unpaired) electrons. The Labute approximate surface area is 194 Å². The smallest absolute Gasteiger partial charge is 0.320 e. The van der Waals surface area contributed by atoms with Gasteiger partial charge in [0.2, 0.25) is 5.75 Å². The second kappa shape index (κ2) is 9.85. The van der Waals surface area contributed by atoms with Gasteiger partial charge in [-0.25, -0.2) is 4.98 Å². The Hall–Kier alpha value is -3.39. The lowest BCUT2D eigenvalue weighted by Gasteiger charge is -2.16. The molecule has 0 amide bonds. The molecule has 5 N–H and O–H groups in total. The minimum absolute atomic E-state index is 0.00550. The molecule has 184 valence electrons. The second-order valence-electron chi connectivity index (χ2n) is 7.58. The first-order valence-corrected chi connectivity index (χ1v) is 10.5. The van der Waals surface area contributed by atoms with Crippen LogP contribution >= 0.6 is 0 Å². The highest BCUT2D eigenvalue weighted by atomic mass is 16.6. The molecule has 34 heavy (non-hydrogen) atoms. The van der Waals surface area contributed by atoms with Crippen LogP contribution < -0.4 is 24.7 Å². The number of hydrogen-bond donors (Lipinski definition) is 4. The second-order valence-corrected chi connectivity index (χ2v) is 7.58. The van der Waals surface area contributed by atoms with Crippen molar-refractivity contribution < 1.29 is 39.0 Å². The molecule has 1 unspecified atom stereocenters. The van der Waals surface area contributed by atoms with Crippen LogP contribution in [0.4, 0.5) is 5.82 Å². The van der Waals surface area contributed by atoms with E-state index in [9.17, 15) is 15.3 Å². The van der Waals surface area contributed by atoms with Crippen LogP contribution in [-0.4, -0.2) is 87.7 Å². The molecule has 1 aliphatic heterocycles. The number of anilines is 1. The minimum Gasteiger partial charge on any atom is -0.493 e. The predicted octanol–water partition coefficient (Wildman–Crippen LogP) is -0.333. The van der Waals surface area contributed by atoms with Crippen LogP contribution in [0.2, 0.25) is 0 Å². The van der Waals surface area contributed by atoms with Crippen molar-refractivity contribution in [2.45, 2.75) is 31.0 Å². The Morgan fingerprint density at radius 1 is 1.06 bits per heavy atom. The molecule has 0 spiro atoms. The van der Waals surface area contributed by atoms with Crippen LogP contribution in [0.3, 0.4) is 0 Å². The van der Waals surface area contributed by atoms with Gasteiger partial charge in [0.05, 0.1) is 40.9 Å². The highest BCUT2D eigenvalue weighted by Gasteiger charge is 2.44. The minimum atomic E-state index is -1.30. The summed E-state index contributed by atoms with van der Waals surface area (Å²) < 4.78 is 28.8. The van der Waals surface area contributed by atoms with Crippen LogP contribution in [0.25, 0.3) is 11.2 Å². The van der Waals surface area contributed by atoms with Gasteiger partial charge in [-0.3, -0.25) is 4.57 Å². The van der Waals surface area contributed by atoms with Crippen molar-refractivity contribution in [2.24, 2.45) is 0 Å². The molecule has 1 saturated heterocycles. The Kier molecular flexibility index (Phi) is 6.88. The van der Waals surface area contributed by atoms with Crippen molar-refractivity contribution in [2.75, 3.05) is 40.3 Å². The zero-order chi connectivity index (χ0) is 24.4. The summed E-state index contributed by atoms with van der Waals surface area (Å²) in [5.74, 6) is 1.63. The summed E-state index contributed by atoms with van der Waals surface area (Å²) in [5.41, 5.74) is 7.45. The van der Waals surface area contributed by atoms with Crippen molar-refractivity contribution in [3.05, 3.63) is 24.0 Å². The zero-order valence-corrected chi connectivity index (χ0v) is 18.9. The predicted molar refractivity (Wildman–Crippen MR) is 118 cm³/mol. The SMILES string of the molecule is COc1cc(CCOc2nc(N)c3ncn(C4O[C@@H](CO)[C@H](O)[C@@H]4O)c3n2)cc(OC)c1OC. The average Bonchev–Trinajstić information content (AvgIpc) is 3.39. The van der Waals surface area contributed by atoms with Crippen LogP contribution in [0, 0.1) is 0 Å². The molecule has 1 aliphatic rings. The maximum atomic E-state index is 10.3. The molecule has 0 bridgehead atoms. The van der Waals surface area contributed by atoms with Crippen molar-refractivity contribution in [3.63, 3.8) is 0 Å². The van der Waals surface area contributed by atoms with Crippen LogP contribution in [-0.2, 0) is 11.2 Å². The monoisotopic (exact) mass is 477 g/mol. The fraction of sp³-hybridized carbons (Fsp3) is 0.476. The number of aliphatic hydroxyl groups is 3. The number of imidazole rings is 1. The first-order valence-electron chi connectivity index (χ1n) is 10.5. The van der Waals surface area contributed by atoms with Gasteiger partial charge >= 0.3 is 6.01 Å². The van der Waals surface area contributed by atoms with Gasteiger partial charge < -0.3 is 44.7 Å². The van der Waals surface area contributed by atoms with Crippen LogP contribution in [0.5, 0.6) is 23.3 Å². The van der Waals surface area contributed by atoms with Gasteiger partial charge in [-0.2, -0.15) is 9.97 Å². The summed E-state index contributed by atoms with van der Waals surface area (Å²) in [7, 11) is 4.62. The van der Waals surface area contributed by atoms with Gasteiger partial charge in [0, 0.05) is 6.42 Å². The fourth-order valence-corrected chi connectivity index (χ4v) is 3.82. The standard InChI is InChI=1S/C21H27N5O8/c1-30-11-6-10(7-12(31-2)17(11)32-3)4-5-33-21-24-18(22)14-19(25-21)26(9-23-14)20-16(29)15(28)13(8-27)34-20/h6-7,9,13,15-16,20,27-29H,4-5,8H2,1-3H3,(H2,22,24,25)/t13-,15-,16-,20?/m0/s1. The van der Waals surface area contributed by atoms with Crippen LogP contribution in [0.15, 0.2) is 18.5 Å². The van der Waals surface area contributed by atoms with Gasteiger partial charge in [-0.05, 0) is 17.7 Å². The summed E-state index contributed by atoms with van der Waals surface area (Å²) in [5, 5.41) is 29.8. The molecule has 13 heteroatoms. The van der Waals surface area contributed by atoms with E-state index in [4.69, 9.17) is 29.4 Å². The quantitative estimate of drug-likeness (QED) is 0.316. The van der Waals surface area contributed by atoms with Crippen molar-refractivity contribution in [1.82, 2.24) is 19.5 Å². The van der Waals surface area contributed by atoms with E-state index < -0.39 is 31.1 Å². The number of nitrogens with two attached hydrogens (primary N) is 1. The summed E-state index contributed by atoms with van der Waals surface area (Å²) in [4.78, 5) is 12.7. The molecule has 0 saturated carbocycles. The first-order chi connectivity index (χ1) is 16.4. The van der Waals surface area contributed by atoms with Crippen LogP contribution in [0.1, 0.15) is 11.8 Å². The number of nitrogens with zero attached hydrogens (tertiary/aromatic N) is 4. The summed E-state index contributed by atoms with van der Waals surface area (Å²) >= 11 is 0. The largest absolute Gasteiger partial charge is 0.493 e. The number of aromatic nitrogens is 4. The van der Waals surface area contributed by atoms with Gasteiger partial charge in [0.25, 0.3) is 0 Å². The molecule has 13 nitrogen and oxygen atoms in total. The van der Waals surface area contributed by atoms with E-state index in [2.05, 4.69) is 15.0 Å². The molecule has 4 rings (SSSR count). The Morgan fingerprint density at radius 2 is 1.76 bits per heavy atom. The number of benzene rings is 1. The van der Waals surface area contributed by atoms with Gasteiger partial charge in [0.15, 0.2) is 34.7 Å². The summed E-state index contributed by atoms with van der Waals surface area (Å²) in [6.07, 6.45) is -2.66. The van der Waals surface area contributed by atoms with Gasteiger partial charge in [0.1, 0.15) is 18.3 Å². The van der Waals surface area contributed by atoms with Crippen molar-refractivity contribution in [3.8, 4) is 23.3 Å². The number of fused-ring (bicyclic) bond motifs is 1.